The van der Waals surface area contributed by atoms with E-state index in [-0.39, 0.29) is 12.6 Å². The van der Waals surface area contributed by atoms with Gasteiger partial charge in [0.25, 0.3) is 0 Å². The number of carbonyl (C=O) groups is 1. The summed E-state index contributed by atoms with van der Waals surface area (Å²) in [4.78, 5) is 13.3. The summed E-state index contributed by atoms with van der Waals surface area (Å²) in [5.41, 5.74) is -1.32. The second-order valence-corrected chi connectivity index (χ2v) is 8.90. The van der Waals surface area contributed by atoms with Crippen molar-refractivity contribution < 1.29 is 23.9 Å². The van der Waals surface area contributed by atoms with Crippen LogP contribution in [0.15, 0.2) is 91.0 Å². The number of likely N-dealkylation sites (tertiary alicyclic amines) is 1. The Hall–Kier alpha value is -3.15. The normalized spacial score (nSPS) is 20.4. The second kappa shape index (κ2) is 10.2. The number of ether oxygens (including phenoxy) is 2. The Morgan fingerprint density at radius 2 is 1.48 bits per heavy atom. The van der Waals surface area contributed by atoms with Gasteiger partial charge in [-0.3, -0.25) is 4.79 Å². The Labute approximate surface area is 195 Å². The van der Waals surface area contributed by atoms with E-state index in [1.54, 1.807) is 48.5 Å². The van der Waals surface area contributed by atoms with E-state index in [2.05, 4.69) is 7.05 Å². The van der Waals surface area contributed by atoms with Crippen molar-refractivity contribution in [2.45, 2.75) is 24.5 Å². The molecular formula is C28H31NO4. The van der Waals surface area contributed by atoms with Gasteiger partial charge in [-0.25, -0.2) is 0 Å². The first-order chi connectivity index (χ1) is 16.0. The van der Waals surface area contributed by atoms with Crippen molar-refractivity contribution in [2.75, 3.05) is 33.4 Å². The van der Waals surface area contributed by atoms with E-state index in [4.69, 9.17) is 9.47 Å². The minimum Gasteiger partial charge on any atom is -0.834 e. The summed E-state index contributed by atoms with van der Waals surface area (Å²) in [6, 6.07) is 27.4. The third-order valence-corrected chi connectivity index (χ3v) is 6.76. The average Bonchev–Trinajstić information content (AvgIpc) is 3.23. The van der Waals surface area contributed by atoms with Gasteiger partial charge < -0.3 is 19.1 Å². The molecule has 3 aromatic rings. The molecule has 3 aromatic carbocycles. The fourth-order valence-corrected chi connectivity index (χ4v) is 4.65. The largest absolute Gasteiger partial charge is 0.834 e. The maximum atomic E-state index is 14.0. The summed E-state index contributed by atoms with van der Waals surface area (Å²) < 4.78 is 12.4. The standard InChI is InChI=1S/C28H31NO4/c1-29(20-21-32-26-17-9-4-10-18-26)19-11-16-25(29)22-33-27(30)28(31,23-12-5-2-6-13-23)24-14-7-3-8-15-24/h2-10,12-15,17-18,25H,11,16,19-22H2,1H3/t25-,29?/m1/s1. The maximum absolute atomic E-state index is 14.0. The number of hydrogen-bond donors (Lipinski definition) is 0. The highest BCUT2D eigenvalue weighted by atomic mass is 16.6. The van der Waals surface area contributed by atoms with E-state index >= 15 is 0 Å². The molecule has 0 spiro atoms. The van der Waals surface area contributed by atoms with Gasteiger partial charge >= 0.3 is 5.97 Å². The molecule has 1 aliphatic rings. The third-order valence-electron chi connectivity index (χ3n) is 6.76. The van der Waals surface area contributed by atoms with Crippen LogP contribution in [-0.2, 0) is 15.1 Å². The van der Waals surface area contributed by atoms with Crippen molar-refractivity contribution in [1.82, 2.24) is 0 Å². The Morgan fingerprint density at radius 1 is 0.939 bits per heavy atom. The van der Waals surface area contributed by atoms with E-state index in [1.165, 1.54) is 0 Å². The van der Waals surface area contributed by atoms with Crippen molar-refractivity contribution in [3.8, 4) is 5.75 Å². The monoisotopic (exact) mass is 445 g/mol. The molecule has 2 atom stereocenters. The first-order valence-electron chi connectivity index (χ1n) is 11.5. The van der Waals surface area contributed by atoms with Crippen molar-refractivity contribution in [3.05, 3.63) is 102 Å². The summed E-state index contributed by atoms with van der Waals surface area (Å²) in [7, 11) is 2.18. The molecule has 0 saturated carbocycles. The smallest absolute Gasteiger partial charge is 0.304 e. The SMILES string of the molecule is C[N+]1(CCOc2ccccc2)CCC[C@@H]1COC(=O)C([O-])(c1ccccc1)c1ccccc1. The van der Waals surface area contributed by atoms with E-state index in [9.17, 15) is 9.90 Å². The number of rotatable bonds is 9. The Kier molecular flexibility index (Phi) is 7.11. The van der Waals surface area contributed by atoms with Crippen LogP contribution in [-0.4, -0.2) is 49.8 Å². The van der Waals surface area contributed by atoms with Gasteiger partial charge in [0.2, 0.25) is 0 Å². The van der Waals surface area contributed by atoms with Gasteiger partial charge in [0, 0.05) is 18.4 Å². The van der Waals surface area contributed by atoms with Crippen molar-refractivity contribution in [2.24, 2.45) is 0 Å². The zero-order chi connectivity index (χ0) is 23.2. The minimum absolute atomic E-state index is 0.143. The number of likely N-dealkylation sites (N-methyl/N-ethyl adjacent to an activating group) is 1. The summed E-state index contributed by atoms with van der Waals surface area (Å²) in [5, 5.41) is 14.0. The van der Waals surface area contributed by atoms with Crippen LogP contribution in [0.5, 0.6) is 5.75 Å². The summed E-state index contributed by atoms with van der Waals surface area (Å²) in [6.45, 7) is 2.63. The third kappa shape index (κ3) is 5.10. The van der Waals surface area contributed by atoms with Crippen molar-refractivity contribution in [3.63, 3.8) is 0 Å². The molecule has 0 bridgehead atoms. The van der Waals surface area contributed by atoms with Gasteiger partial charge in [-0.2, -0.15) is 0 Å². The van der Waals surface area contributed by atoms with E-state index in [0.29, 0.717) is 17.7 Å². The van der Waals surface area contributed by atoms with Crippen LogP contribution in [0.1, 0.15) is 24.0 Å². The molecule has 1 heterocycles. The summed E-state index contributed by atoms with van der Waals surface area (Å²) in [5.74, 6) is 0.104. The highest BCUT2D eigenvalue weighted by Gasteiger charge is 2.40. The minimum atomic E-state index is -2.10. The molecule has 1 saturated heterocycles. The highest BCUT2D eigenvalue weighted by molar-refractivity contribution is 5.85. The summed E-state index contributed by atoms with van der Waals surface area (Å²) >= 11 is 0. The number of para-hydroxylation sites is 1. The molecule has 0 aliphatic carbocycles. The van der Waals surface area contributed by atoms with Crippen LogP contribution in [0.3, 0.4) is 0 Å². The Morgan fingerprint density at radius 3 is 2.06 bits per heavy atom. The zero-order valence-corrected chi connectivity index (χ0v) is 19.1. The second-order valence-electron chi connectivity index (χ2n) is 8.90. The molecule has 0 N–H and O–H groups in total. The predicted molar refractivity (Wildman–Crippen MR) is 126 cm³/mol. The molecule has 0 radical (unpaired) electrons. The quantitative estimate of drug-likeness (QED) is 0.374. The lowest BCUT2D eigenvalue weighted by molar-refractivity contribution is -0.921. The first kappa shape index (κ1) is 23.0. The van der Waals surface area contributed by atoms with Crippen LogP contribution in [0.2, 0.25) is 0 Å². The average molecular weight is 446 g/mol. The molecule has 33 heavy (non-hydrogen) atoms. The van der Waals surface area contributed by atoms with Gasteiger partial charge in [0.05, 0.1) is 13.6 Å². The number of nitrogens with zero attached hydrogens (tertiary/aromatic N) is 1. The molecule has 5 nitrogen and oxygen atoms in total. The fourth-order valence-electron chi connectivity index (χ4n) is 4.65. The number of quaternary nitrogens is 1. The lowest BCUT2D eigenvalue weighted by atomic mass is 9.86. The van der Waals surface area contributed by atoms with Gasteiger partial charge in [-0.15, -0.1) is 0 Å². The molecule has 0 amide bonds. The number of carbonyl (C=O) groups excluding carboxylic acids is 1. The van der Waals surface area contributed by atoms with Crippen molar-refractivity contribution >= 4 is 5.97 Å². The molecule has 4 rings (SSSR count). The van der Waals surface area contributed by atoms with E-state index in [0.717, 1.165) is 36.2 Å². The van der Waals surface area contributed by atoms with Crippen LogP contribution in [0.25, 0.3) is 0 Å². The lowest BCUT2D eigenvalue weighted by Crippen LogP contribution is -2.54. The Bertz CT molecular complexity index is 986. The number of hydrogen-bond acceptors (Lipinski definition) is 4. The van der Waals surface area contributed by atoms with Crippen LogP contribution < -0.4 is 9.84 Å². The maximum Gasteiger partial charge on any atom is 0.304 e. The van der Waals surface area contributed by atoms with Crippen LogP contribution >= 0.6 is 0 Å². The van der Waals surface area contributed by atoms with E-state index in [1.807, 2.05) is 42.5 Å². The van der Waals surface area contributed by atoms with Gasteiger partial charge in [-0.1, -0.05) is 78.9 Å². The van der Waals surface area contributed by atoms with Gasteiger partial charge in [0.1, 0.15) is 31.5 Å². The topological polar surface area (TPSA) is 58.6 Å². The molecule has 172 valence electrons. The molecule has 1 fully saturated rings. The molecule has 1 unspecified atom stereocenters. The summed E-state index contributed by atoms with van der Waals surface area (Å²) in [6.07, 6.45) is 2.02. The van der Waals surface area contributed by atoms with E-state index < -0.39 is 11.6 Å². The molecule has 0 aromatic heterocycles. The van der Waals surface area contributed by atoms with Crippen LogP contribution in [0.4, 0.5) is 0 Å². The molecular weight excluding hydrogens is 414 g/mol. The molecule has 5 heteroatoms. The number of benzene rings is 3. The number of esters is 1. The van der Waals surface area contributed by atoms with Gasteiger partial charge in [-0.05, 0) is 23.3 Å². The zero-order valence-electron chi connectivity index (χ0n) is 19.1. The first-order valence-corrected chi connectivity index (χ1v) is 11.5. The van der Waals surface area contributed by atoms with Crippen LogP contribution in [0, 0.1) is 0 Å². The van der Waals surface area contributed by atoms with Crippen molar-refractivity contribution in [1.29, 1.82) is 0 Å². The fraction of sp³-hybridized carbons (Fsp3) is 0.321. The van der Waals surface area contributed by atoms with Gasteiger partial charge in [0.15, 0.2) is 0 Å². The predicted octanol–water partition coefficient (Wildman–Crippen LogP) is 3.52. The highest BCUT2D eigenvalue weighted by Crippen LogP contribution is 2.30. The Balaban J connectivity index is 1.43. The molecule has 1 aliphatic heterocycles. The lowest BCUT2D eigenvalue weighted by Gasteiger charge is -2.40.